The number of carbonyl (C=O) groups is 1. The second-order valence-corrected chi connectivity index (χ2v) is 4.27. The lowest BCUT2D eigenvalue weighted by Crippen LogP contribution is -2.12. The normalized spacial score (nSPS) is 9.53. The minimum atomic E-state index is -0.310. The zero-order valence-electron chi connectivity index (χ0n) is 9.83. The van der Waals surface area contributed by atoms with Crippen molar-refractivity contribution >= 4 is 22.4 Å². The number of carbonyl (C=O) groups excluding carboxylic acids is 1. The van der Waals surface area contributed by atoms with Crippen molar-refractivity contribution in [3.8, 4) is 11.8 Å². The molecule has 0 unspecified atom stereocenters. The summed E-state index contributed by atoms with van der Waals surface area (Å²) in [5.74, 6) is 5.28. The van der Waals surface area contributed by atoms with Crippen LogP contribution in [0.4, 0.5) is 5.13 Å². The van der Waals surface area contributed by atoms with Crippen molar-refractivity contribution in [1.82, 2.24) is 15.2 Å². The monoisotopic (exact) mass is 274 g/mol. The van der Waals surface area contributed by atoms with Crippen molar-refractivity contribution in [2.24, 2.45) is 0 Å². The van der Waals surface area contributed by atoms with Crippen LogP contribution in [0.5, 0.6) is 0 Å². The lowest BCUT2D eigenvalue weighted by molar-refractivity contribution is 0.102. The molecule has 0 spiro atoms. The van der Waals surface area contributed by atoms with Crippen molar-refractivity contribution in [1.29, 1.82) is 0 Å². The molecule has 1 amide bonds. The molecule has 0 aromatic carbocycles. The predicted octanol–water partition coefficient (Wildman–Crippen LogP) is 0.919. The summed E-state index contributed by atoms with van der Waals surface area (Å²) in [6.45, 7) is 0.0116. The van der Waals surface area contributed by atoms with Crippen LogP contribution in [0.2, 0.25) is 0 Å². The summed E-state index contributed by atoms with van der Waals surface area (Å²) in [5, 5.41) is 19.0. The molecule has 19 heavy (non-hydrogen) atoms. The minimum absolute atomic E-state index is 0.0116. The van der Waals surface area contributed by atoms with Crippen LogP contribution in [0.25, 0.3) is 0 Å². The van der Waals surface area contributed by atoms with Crippen LogP contribution in [0.3, 0.4) is 0 Å². The van der Waals surface area contributed by atoms with Gasteiger partial charge in [-0.05, 0) is 6.07 Å². The van der Waals surface area contributed by atoms with Gasteiger partial charge in [0.2, 0.25) is 5.13 Å². The smallest absolute Gasteiger partial charge is 0.259 e. The maximum Gasteiger partial charge on any atom is 0.259 e. The largest absolute Gasteiger partial charge is 0.395 e. The van der Waals surface area contributed by atoms with Gasteiger partial charge in [0.25, 0.3) is 5.91 Å². The molecule has 0 bridgehead atoms. The number of aromatic nitrogens is 3. The van der Waals surface area contributed by atoms with E-state index in [1.165, 1.54) is 23.0 Å². The molecule has 0 aliphatic carbocycles. The SMILES string of the molecule is O=C(Nc1nncs1)c1cncc(C#CCCO)c1. The first kappa shape index (κ1) is 13.1. The maximum atomic E-state index is 11.9. The van der Waals surface area contributed by atoms with Gasteiger partial charge in [-0.2, -0.15) is 0 Å². The topological polar surface area (TPSA) is 88.0 Å². The van der Waals surface area contributed by atoms with Crippen molar-refractivity contribution in [3.05, 3.63) is 35.1 Å². The Morgan fingerprint density at radius 2 is 2.37 bits per heavy atom. The molecule has 96 valence electrons. The number of aliphatic hydroxyl groups is 1. The Balaban J connectivity index is 2.10. The van der Waals surface area contributed by atoms with Crippen molar-refractivity contribution in [3.63, 3.8) is 0 Å². The van der Waals surface area contributed by atoms with Crippen LogP contribution < -0.4 is 5.32 Å². The Morgan fingerprint density at radius 1 is 1.47 bits per heavy atom. The molecule has 0 radical (unpaired) electrons. The standard InChI is InChI=1S/C12H10N4O2S/c17-4-2-1-3-9-5-10(7-13-6-9)11(18)15-12-16-14-8-19-12/h5-8,17H,2,4H2,(H,15,16,18). The van der Waals surface area contributed by atoms with Gasteiger partial charge < -0.3 is 5.11 Å². The average molecular weight is 274 g/mol. The quantitative estimate of drug-likeness (QED) is 0.813. The lowest BCUT2D eigenvalue weighted by Gasteiger charge is -2.00. The molecule has 2 aromatic heterocycles. The predicted molar refractivity (Wildman–Crippen MR) is 70.7 cm³/mol. The molecule has 0 fully saturated rings. The Bertz CT molecular complexity index is 616. The molecule has 0 aliphatic rings. The van der Waals surface area contributed by atoms with Gasteiger partial charge in [-0.15, -0.1) is 10.2 Å². The van der Waals surface area contributed by atoms with Gasteiger partial charge in [0.1, 0.15) is 5.51 Å². The van der Waals surface area contributed by atoms with Crippen LogP contribution in [0.15, 0.2) is 24.0 Å². The highest BCUT2D eigenvalue weighted by Crippen LogP contribution is 2.10. The molecule has 0 aliphatic heterocycles. The van der Waals surface area contributed by atoms with Crippen molar-refractivity contribution in [2.45, 2.75) is 6.42 Å². The molecule has 7 heteroatoms. The molecule has 0 saturated heterocycles. The number of hydrogen-bond acceptors (Lipinski definition) is 6. The van der Waals surface area contributed by atoms with Crippen LogP contribution >= 0.6 is 11.3 Å². The fraction of sp³-hybridized carbons (Fsp3) is 0.167. The molecule has 2 N–H and O–H groups in total. The van der Waals surface area contributed by atoms with E-state index < -0.39 is 0 Å². The Labute approximate surface area is 113 Å². The Kier molecular flexibility index (Phi) is 4.55. The Morgan fingerprint density at radius 3 is 3.11 bits per heavy atom. The molecule has 0 atom stereocenters. The molecular weight excluding hydrogens is 264 g/mol. The van der Waals surface area contributed by atoms with Gasteiger partial charge in [-0.3, -0.25) is 15.1 Å². The zero-order chi connectivity index (χ0) is 13.5. The van der Waals surface area contributed by atoms with E-state index >= 15 is 0 Å². The third-order valence-electron chi connectivity index (χ3n) is 2.05. The van der Waals surface area contributed by atoms with E-state index in [0.717, 1.165) is 0 Å². The third-order valence-corrected chi connectivity index (χ3v) is 2.66. The van der Waals surface area contributed by atoms with Gasteiger partial charge in [-0.1, -0.05) is 23.2 Å². The number of rotatable bonds is 3. The van der Waals surface area contributed by atoms with Gasteiger partial charge in [0, 0.05) is 24.4 Å². The maximum absolute atomic E-state index is 11.9. The second-order valence-electron chi connectivity index (χ2n) is 3.44. The summed E-state index contributed by atoms with van der Waals surface area (Å²) in [6.07, 6.45) is 3.40. The fourth-order valence-corrected chi connectivity index (χ4v) is 1.69. The van der Waals surface area contributed by atoms with Crippen molar-refractivity contribution < 1.29 is 9.90 Å². The number of nitrogens with zero attached hydrogens (tertiary/aromatic N) is 3. The lowest BCUT2D eigenvalue weighted by atomic mass is 10.2. The molecule has 6 nitrogen and oxygen atoms in total. The van der Waals surface area contributed by atoms with E-state index in [4.69, 9.17) is 5.11 Å². The number of anilines is 1. The number of amides is 1. The van der Waals surface area contributed by atoms with Gasteiger partial charge in [0.15, 0.2) is 0 Å². The number of aliphatic hydroxyl groups excluding tert-OH is 1. The molecule has 2 rings (SSSR count). The summed E-state index contributed by atoms with van der Waals surface area (Å²) in [4.78, 5) is 15.8. The van der Waals surface area contributed by atoms with E-state index in [1.54, 1.807) is 12.3 Å². The average Bonchev–Trinajstić information content (AvgIpc) is 2.92. The van der Waals surface area contributed by atoms with Gasteiger partial charge in [0.05, 0.1) is 12.2 Å². The molecule has 2 heterocycles. The molecule has 2 aromatic rings. The van der Waals surface area contributed by atoms with E-state index in [1.807, 2.05) is 0 Å². The van der Waals surface area contributed by atoms with E-state index in [2.05, 4.69) is 32.3 Å². The van der Waals surface area contributed by atoms with Crippen LogP contribution in [0.1, 0.15) is 22.3 Å². The van der Waals surface area contributed by atoms with Crippen LogP contribution in [-0.4, -0.2) is 32.8 Å². The van der Waals surface area contributed by atoms with E-state index in [-0.39, 0.29) is 12.5 Å². The van der Waals surface area contributed by atoms with E-state index in [9.17, 15) is 4.79 Å². The van der Waals surface area contributed by atoms with Crippen molar-refractivity contribution in [2.75, 3.05) is 11.9 Å². The van der Waals surface area contributed by atoms with Crippen LogP contribution in [-0.2, 0) is 0 Å². The molecular formula is C12H10N4O2S. The first-order valence-electron chi connectivity index (χ1n) is 5.42. The minimum Gasteiger partial charge on any atom is -0.395 e. The van der Waals surface area contributed by atoms with Crippen LogP contribution in [0, 0.1) is 11.8 Å². The summed E-state index contributed by atoms with van der Waals surface area (Å²) in [6, 6.07) is 1.63. The number of hydrogen-bond donors (Lipinski definition) is 2. The highest BCUT2D eigenvalue weighted by atomic mass is 32.1. The highest BCUT2D eigenvalue weighted by molar-refractivity contribution is 7.13. The first-order chi connectivity index (χ1) is 9.29. The Hall–Kier alpha value is -2.30. The number of nitrogens with one attached hydrogen (secondary N) is 1. The third kappa shape index (κ3) is 3.84. The fourth-order valence-electron chi connectivity index (χ4n) is 1.25. The van der Waals surface area contributed by atoms with E-state index in [0.29, 0.717) is 22.7 Å². The van der Waals surface area contributed by atoms with Gasteiger partial charge >= 0.3 is 0 Å². The zero-order valence-corrected chi connectivity index (χ0v) is 10.6. The summed E-state index contributed by atoms with van der Waals surface area (Å²) in [7, 11) is 0. The number of pyridine rings is 1. The first-order valence-corrected chi connectivity index (χ1v) is 6.30. The summed E-state index contributed by atoms with van der Waals surface area (Å²) in [5.41, 5.74) is 2.55. The second kappa shape index (κ2) is 6.58. The summed E-state index contributed by atoms with van der Waals surface area (Å²) < 4.78 is 0. The summed E-state index contributed by atoms with van der Waals surface area (Å²) >= 11 is 1.24. The van der Waals surface area contributed by atoms with Gasteiger partial charge in [-0.25, -0.2) is 0 Å². The highest BCUT2D eigenvalue weighted by Gasteiger charge is 2.08. The molecule has 0 saturated carbocycles.